The molecule has 2 unspecified atom stereocenters. The highest BCUT2D eigenvalue weighted by Crippen LogP contribution is 2.37. The van der Waals surface area contributed by atoms with E-state index in [4.69, 9.17) is 4.74 Å². The molecule has 0 aliphatic carbocycles. The average molecular weight is 369 g/mol. The van der Waals surface area contributed by atoms with Crippen LogP contribution in [-0.4, -0.2) is 34.4 Å². The van der Waals surface area contributed by atoms with E-state index in [0.29, 0.717) is 32.3 Å². The zero-order chi connectivity index (χ0) is 20.0. The third kappa shape index (κ3) is 6.20. The Kier molecular flexibility index (Phi) is 8.48. The third-order valence-corrected chi connectivity index (χ3v) is 5.67. The molecule has 0 saturated carbocycles. The molecular weight excluding hydrogens is 332 g/mol. The van der Waals surface area contributed by atoms with Gasteiger partial charge in [0.2, 0.25) is 0 Å². The smallest absolute Gasteiger partial charge is 0.305 e. The largest absolute Gasteiger partial charge is 0.465 e. The number of esters is 1. The topological polar surface area (TPSA) is 83.8 Å². The standard InChI is InChI=1S/C21H36O5/c1-6-17-19(23)20(4,5)13-12-18(22)26-14-8-10-15(2)9-7-11-16(3)21(17,24)25/h10,16-17,24-25H,6-9,11-14H2,1-5H3/b15-10-. The molecule has 0 aromatic carbocycles. The van der Waals surface area contributed by atoms with Crippen LogP contribution in [0.2, 0.25) is 0 Å². The van der Waals surface area contributed by atoms with Gasteiger partial charge in [0, 0.05) is 17.8 Å². The van der Waals surface area contributed by atoms with E-state index in [1.165, 1.54) is 5.57 Å². The van der Waals surface area contributed by atoms with Crippen molar-refractivity contribution < 1.29 is 24.5 Å². The molecule has 5 heteroatoms. The zero-order valence-electron chi connectivity index (χ0n) is 17.0. The van der Waals surface area contributed by atoms with Crippen LogP contribution in [0, 0.1) is 17.3 Å². The monoisotopic (exact) mass is 368 g/mol. The number of carbonyl (C=O) groups excluding carboxylic acids is 2. The first-order chi connectivity index (χ1) is 12.0. The van der Waals surface area contributed by atoms with Crippen molar-refractivity contribution in [2.45, 2.75) is 85.4 Å². The van der Waals surface area contributed by atoms with Crippen molar-refractivity contribution in [2.24, 2.45) is 17.3 Å². The van der Waals surface area contributed by atoms with Gasteiger partial charge < -0.3 is 14.9 Å². The van der Waals surface area contributed by atoms with E-state index >= 15 is 0 Å². The number of carbonyl (C=O) groups is 2. The van der Waals surface area contributed by atoms with Crippen molar-refractivity contribution in [1.82, 2.24) is 0 Å². The maximum Gasteiger partial charge on any atom is 0.305 e. The van der Waals surface area contributed by atoms with Gasteiger partial charge in [0.05, 0.1) is 12.5 Å². The minimum atomic E-state index is -2.04. The summed E-state index contributed by atoms with van der Waals surface area (Å²) in [5.74, 6) is -3.83. The molecule has 1 heterocycles. The molecule has 1 rings (SSSR count). The predicted octanol–water partition coefficient (Wildman–Crippen LogP) is 3.77. The summed E-state index contributed by atoms with van der Waals surface area (Å²) in [4.78, 5) is 25.0. The van der Waals surface area contributed by atoms with E-state index < -0.39 is 23.0 Å². The number of rotatable bonds is 1. The Labute approximate surface area is 157 Å². The Morgan fingerprint density at radius 1 is 1.23 bits per heavy atom. The molecule has 0 aromatic rings. The minimum absolute atomic E-state index is 0.150. The fourth-order valence-electron chi connectivity index (χ4n) is 3.58. The molecule has 2 atom stereocenters. The van der Waals surface area contributed by atoms with Crippen molar-refractivity contribution in [1.29, 1.82) is 0 Å². The molecule has 0 bridgehead atoms. The second-order valence-electron chi connectivity index (χ2n) is 8.34. The van der Waals surface area contributed by atoms with E-state index in [2.05, 4.69) is 6.08 Å². The lowest BCUT2D eigenvalue weighted by Gasteiger charge is -2.39. The summed E-state index contributed by atoms with van der Waals surface area (Å²) >= 11 is 0. The summed E-state index contributed by atoms with van der Waals surface area (Å²) in [6.45, 7) is 9.51. The molecule has 2 N–H and O–H groups in total. The van der Waals surface area contributed by atoms with Gasteiger partial charge >= 0.3 is 5.97 Å². The first kappa shape index (κ1) is 22.8. The van der Waals surface area contributed by atoms with Gasteiger partial charge in [0.15, 0.2) is 5.79 Å². The van der Waals surface area contributed by atoms with E-state index in [1.807, 2.05) is 6.92 Å². The van der Waals surface area contributed by atoms with Crippen LogP contribution in [0.5, 0.6) is 0 Å². The van der Waals surface area contributed by atoms with Crippen molar-refractivity contribution in [3.63, 3.8) is 0 Å². The van der Waals surface area contributed by atoms with Crippen LogP contribution in [0.15, 0.2) is 11.6 Å². The molecule has 0 spiro atoms. The summed E-state index contributed by atoms with van der Waals surface area (Å²) in [7, 11) is 0. The number of aliphatic hydroxyl groups is 2. The van der Waals surface area contributed by atoms with Crippen molar-refractivity contribution in [2.75, 3.05) is 6.61 Å². The average Bonchev–Trinajstić information content (AvgIpc) is 2.56. The quantitative estimate of drug-likeness (QED) is 0.418. The number of allylic oxidation sites excluding steroid dienone is 1. The molecule has 1 aliphatic rings. The van der Waals surface area contributed by atoms with Crippen LogP contribution in [-0.2, 0) is 14.3 Å². The molecule has 1 aliphatic heterocycles. The number of cyclic esters (lactones) is 1. The molecule has 0 saturated heterocycles. The van der Waals surface area contributed by atoms with Gasteiger partial charge in [0.1, 0.15) is 5.78 Å². The molecule has 0 amide bonds. The number of hydrogen-bond acceptors (Lipinski definition) is 5. The van der Waals surface area contributed by atoms with Crippen LogP contribution in [0.1, 0.15) is 79.6 Å². The van der Waals surface area contributed by atoms with E-state index in [9.17, 15) is 19.8 Å². The van der Waals surface area contributed by atoms with E-state index in [-0.39, 0.29) is 18.2 Å². The van der Waals surface area contributed by atoms with Gasteiger partial charge in [-0.05, 0) is 45.4 Å². The van der Waals surface area contributed by atoms with Gasteiger partial charge in [-0.2, -0.15) is 0 Å². The van der Waals surface area contributed by atoms with Gasteiger partial charge in [-0.1, -0.05) is 39.3 Å². The molecular formula is C21H36O5. The number of ether oxygens (including phenoxy) is 1. The first-order valence-corrected chi connectivity index (χ1v) is 9.82. The minimum Gasteiger partial charge on any atom is -0.465 e. The number of hydrogen-bond donors (Lipinski definition) is 2. The van der Waals surface area contributed by atoms with Crippen molar-refractivity contribution in [3.8, 4) is 0 Å². The van der Waals surface area contributed by atoms with Crippen molar-refractivity contribution >= 4 is 11.8 Å². The second kappa shape index (κ2) is 9.65. The fourth-order valence-corrected chi connectivity index (χ4v) is 3.58. The van der Waals surface area contributed by atoms with Crippen LogP contribution >= 0.6 is 0 Å². The SMILES string of the molecule is CCC1C(=O)C(C)(C)CCC(=O)OCC/C=C(/C)CCCC(C)C1(O)O. The zero-order valence-corrected chi connectivity index (χ0v) is 17.0. The Morgan fingerprint density at radius 2 is 1.88 bits per heavy atom. The van der Waals surface area contributed by atoms with Crippen LogP contribution in [0.25, 0.3) is 0 Å². The summed E-state index contributed by atoms with van der Waals surface area (Å²) in [6.07, 6.45) is 5.89. The molecule has 5 nitrogen and oxygen atoms in total. The molecule has 0 radical (unpaired) electrons. The van der Waals surface area contributed by atoms with E-state index in [0.717, 1.165) is 12.8 Å². The molecule has 0 fully saturated rings. The van der Waals surface area contributed by atoms with Gasteiger partial charge in [-0.3, -0.25) is 9.59 Å². The summed E-state index contributed by atoms with van der Waals surface area (Å²) in [5, 5.41) is 21.5. The predicted molar refractivity (Wildman–Crippen MR) is 101 cm³/mol. The summed E-state index contributed by atoms with van der Waals surface area (Å²) < 4.78 is 5.24. The first-order valence-electron chi connectivity index (χ1n) is 9.82. The van der Waals surface area contributed by atoms with Crippen LogP contribution < -0.4 is 0 Å². The second-order valence-corrected chi connectivity index (χ2v) is 8.34. The van der Waals surface area contributed by atoms with Gasteiger partial charge in [-0.15, -0.1) is 0 Å². The molecule has 150 valence electrons. The maximum absolute atomic E-state index is 13.0. The van der Waals surface area contributed by atoms with Crippen LogP contribution in [0.3, 0.4) is 0 Å². The number of Topliss-reactive ketones (excluding diaryl/α,β-unsaturated/α-hetero) is 1. The normalized spacial score (nSPS) is 31.0. The Morgan fingerprint density at radius 3 is 2.50 bits per heavy atom. The lowest BCUT2D eigenvalue weighted by atomic mass is 9.71. The lowest BCUT2D eigenvalue weighted by molar-refractivity contribution is -0.234. The summed E-state index contributed by atoms with van der Waals surface area (Å²) in [5.41, 5.74) is 0.384. The van der Waals surface area contributed by atoms with Gasteiger partial charge in [0.25, 0.3) is 0 Å². The Balaban J connectivity index is 3.06. The summed E-state index contributed by atoms with van der Waals surface area (Å²) in [6, 6.07) is 0. The Bertz CT molecular complexity index is 518. The fraction of sp³-hybridized carbons (Fsp3) is 0.810. The van der Waals surface area contributed by atoms with Crippen molar-refractivity contribution in [3.05, 3.63) is 11.6 Å². The van der Waals surface area contributed by atoms with Crippen LogP contribution in [0.4, 0.5) is 0 Å². The highest BCUT2D eigenvalue weighted by atomic mass is 16.5. The van der Waals surface area contributed by atoms with Gasteiger partial charge in [-0.25, -0.2) is 0 Å². The Hall–Kier alpha value is -1.20. The van der Waals surface area contributed by atoms with E-state index in [1.54, 1.807) is 27.7 Å². The number of ketones is 1. The maximum atomic E-state index is 13.0. The third-order valence-electron chi connectivity index (χ3n) is 5.67. The molecule has 26 heavy (non-hydrogen) atoms. The highest BCUT2D eigenvalue weighted by Gasteiger charge is 2.46. The highest BCUT2D eigenvalue weighted by molar-refractivity contribution is 5.87. The molecule has 0 aromatic heterocycles. The lowest BCUT2D eigenvalue weighted by Crippen LogP contribution is -2.50.